The minimum Gasteiger partial charge on any atom is -0.181 e. The Morgan fingerprint density at radius 1 is 1.25 bits per heavy atom. The van der Waals surface area contributed by atoms with Crippen molar-refractivity contribution in [3.8, 4) is 12.1 Å². The predicted octanol–water partition coefficient (Wildman–Crippen LogP) is 1.62. The van der Waals surface area contributed by atoms with Crippen molar-refractivity contribution < 1.29 is 0 Å². The number of nitrogens with zero attached hydrogens (tertiary/aromatic N) is 2. The first-order chi connectivity index (χ1) is 3.65. The Morgan fingerprint density at radius 3 is 1.38 bits per heavy atom. The molecule has 0 rings (SSSR count). The van der Waals surface area contributed by atoms with Crippen LogP contribution in [-0.4, -0.2) is 0 Å². The van der Waals surface area contributed by atoms with Crippen molar-refractivity contribution in [3.63, 3.8) is 0 Å². The van der Waals surface area contributed by atoms with Gasteiger partial charge in [0, 0.05) is 0 Å². The van der Waals surface area contributed by atoms with Gasteiger partial charge in [-0.1, -0.05) is 5.57 Å². The molecule has 0 atom stereocenters. The molecule has 0 heterocycles. The highest BCUT2D eigenvalue weighted by molar-refractivity contribution is 4.99. The first-order valence-corrected chi connectivity index (χ1v) is 2.05. The van der Waals surface area contributed by atoms with Crippen LogP contribution in [0.2, 0.25) is 0 Å². The summed E-state index contributed by atoms with van der Waals surface area (Å²) in [6, 6.07) is 2.47. The Bertz CT molecular complexity index is 118. The lowest BCUT2D eigenvalue weighted by atomic mass is 10.4. The molecule has 0 spiro atoms. The first-order valence-electron chi connectivity index (χ1n) is 2.05. The van der Waals surface area contributed by atoms with Crippen LogP contribution in [-0.2, 0) is 0 Å². The monoisotopic (exact) mass is 108 g/mol. The van der Waals surface area contributed by atoms with Gasteiger partial charge in [-0.2, -0.15) is 10.5 Å². The van der Waals surface area contributed by atoms with Crippen molar-refractivity contribution in [2.24, 2.45) is 0 Å². The van der Waals surface area contributed by atoms with Crippen LogP contribution in [0.25, 0.3) is 0 Å². The van der Waals surface area contributed by atoms with Gasteiger partial charge in [-0.3, -0.25) is 0 Å². The highest BCUT2D eigenvalue weighted by Crippen LogP contribution is 1.73. The zero-order chi connectivity index (χ0) is 6.99. The molecule has 0 N–H and O–H groups in total. The van der Waals surface area contributed by atoms with Crippen LogP contribution in [0.4, 0.5) is 0 Å². The number of nitriles is 2. The second kappa shape index (κ2) is 9.21. The quantitative estimate of drug-likeness (QED) is 0.442. The third kappa shape index (κ3) is 833. The molecule has 0 saturated heterocycles. The molecule has 0 aliphatic carbocycles. The maximum absolute atomic E-state index is 7.26. The van der Waals surface area contributed by atoms with E-state index in [-0.39, 0.29) is 0 Å². The Labute approximate surface area is 49.7 Å². The second-order valence-electron chi connectivity index (χ2n) is 1.43. The Hall–Kier alpha value is -1.28. The minimum atomic E-state index is 1.17. The van der Waals surface area contributed by atoms with Gasteiger partial charge in [0.15, 0.2) is 12.1 Å². The average Bonchev–Trinajstić information content (AvgIpc) is 1.65. The van der Waals surface area contributed by atoms with E-state index in [9.17, 15) is 0 Å². The molecule has 0 amide bonds. The Balaban J connectivity index is 0. The van der Waals surface area contributed by atoms with Crippen LogP contribution in [0.3, 0.4) is 0 Å². The molecule has 0 aliphatic heterocycles. The predicted molar refractivity (Wildman–Crippen MR) is 31.7 cm³/mol. The zero-order valence-electron chi connectivity index (χ0n) is 5.10. The van der Waals surface area contributed by atoms with Gasteiger partial charge >= 0.3 is 0 Å². The molecule has 2 heteroatoms. The lowest BCUT2D eigenvalue weighted by Crippen LogP contribution is -1.43. The first kappa shape index (κ1) is 9.87. The third-order valence-corrected chi connectivity index (χ3v) is 0.0500. The van der Waals surface area contributed by atoms with Gasteiger partial charge in [-0.25, -0.2) is 0 Å². The van der Waals surface area contributed by atoms with E-state index in [0.29, 0.717) is 0 Å². The molecule has 0 aromatic carbocycles. The molecule has 0 aromatic rings. The zero-order valence-corrected chi connectivity index (χ0v) is 5.10. The van der Waals surface area contributed by atoms with Gasteiger partial charge in [0.05, 0.1) is 0 Å². The number of rotatable bonds is 0. The van der Waals surface area contributed by atoms with E-state index < -0.39 is 0 Å². The molecule has 0 saturated carbocycles. The summed E-state index contributed by atoms with van der Waals surface area (Å²) in [4.78, 5) is 0. The maximum Gasteiger partial charge on any atom is 0.181 e. The molecule has 0 aromatic heterocycles. The van der Waals surface area contributed by atoms with E-state index in [1.807, 2.05) is 13.8 Å². The summed E-state index contributed by atoms with van der Waals surface area (Å²) in [5, 5.41) is 14.5. The molecule has 0 unspecified atom stereocenters. The molecule has 2 nitrogen and oxygen atoms in total. The van der Waals surface area contributed by atoms with Gasteiger partial charge in [-0.15, -0.1) is 6.58 Å². The summed E-state index contributed by atoms with van der Waals surface area (Å²) in [5.74, 6) is 0. The van der Waals surface area contributed by atoms with Crippen molar-refractivity contribution in [3.05, 3.63) is 12.2 Å². The smallest absolute Gasteiger partial charge is 0.181 e. The lowest BCUT2D eigenvalue weighted by molar-refractivity contribution is 1.42. The highest BCUT2D eigenvalue weighted by atomic mass is 14.3. The summed E-state index contributed by atoms with van der Waals surface area (Å²) in [6.45, 7) is 7.50. The van der Waals surface area contributed by atoms with Gasteiger partial charge < -0.3 is 0 Å². The van der Waals surface area contributed by atoms with Crippen LogP contribution < -0.4 is 0 Å². The van der Waals surface area contributed by atoms with E-state index in [4.69, 9.17) is 10.5 Å². The fourth-order valence-corrected chi connectivity index (χ4v) is 0. The van der Waals surface area contributed by atoms with Gasteiger partial charge in [0.1, 0.15) is 0 Å². The van der Waals surface area contributed by atoms with E-state index in [1.54, 1.807) is 0 Å². The summed E-state index contributed by atoms with van der Waals surface area (Å²) in [6.07, 6.45) is 0. The van der Waals surface area contributed by atoms with Gasteiger partial charge in [0.25, 0.3) is 0 Å². The fourth-order valence-electron chi connectivity index (χ4n) is 0. The van der Waals surface area contributed by atoms with Crippen LogP contribution in [0, 0.1) is 22.7 Å². The van der Waals surface area contributed by atoms with Crippen molar-refractivity contribution in [2.75, 3.05) is 0 Å². The van der Waals surface area contributed by atoms with E-state index in [2.05, 4.69) is 6.58 Å². The van der Waals surface area contributed by atoms with Crippen LogP contribution in [0.1, 0.15) is 13.8 Å². The van der Waals surface area contributed by atoms with E-state index in [0.717, 1.165) is 0 Å². The summed E-state index contributed by atoms with van der Waals surface area (Å²) >= 11 is 0. The SMILES string of the molecule is C=C(C)C.N#CC#N. The Morgan fingerprint density at radius 2 is 1.38 bits per heavy atom. The molecule has 0 aliphatic rings. The van der Waals surface area contributed by atoms with Crippen molar-refractivity contribution in [2.45, 2.75) is 13.8 Å². The largest absolute Gasteiger partial charge is 0.181 e. The lowest BCUT2D eigenvalue weighted by Gasteiger charge is -1.65. The topological polar surface area (TPSA) is 47.6 Å². The van der Waals surface area contributed by atoms with E-state index in [1.165, 1.54) is 17.7 Å². The molecule has 0 fully saturated rings. The van der Waals surface area contributed by atoms with Crippen molar-refractivity contribution in [1.29, 1.82) is 10.5 Å². The summed E-state index contributed by atoms with van der Waals surface area (Å²) in [7, 11) is 0. The number of hydrogen-bond donors (Lipinski definition) is 0. The summed E-state index contributed by atoms with van der Waals surface area (Å²) < 4.78 is 0. The maximum atomic E-state index is 7.26. The number of allylic oxidation sites excluding steroid dienone is 1. The van der Waals surface area contributed by atoms with Crippen LogP contribution in [0.5, 0.6) is 0 Å². The van der Waals surface area contributed by atoms with E-state index >= 15 is 0 Å². The second-order valence-corrected chi connectivity index (χ2v) is 1.43. The fraction of sp³-hybridized carbons (Fsp3) is 0.333. The molecule has 0 radical (unpaired) electrons. The van der Waals surface area contributed by atoms with Crippen molar-refractivity contribution >= 4 is 0 Å². The Kier molecular flexibility index (Phi) is 11.4. The average molecular weight is 108 g/mol. The normalized spacial score (nSPS) is 4.50. The third-order valence-electron chi connectivity index (χ3n) is 0.0500. The molecule has 0 bridgehead atoms. The van der Waals surface area contributed by atoms with Crippen LogP contribution >= 0.6 is 0 Å². The van der Waals surface area contributed by atoms with Crippen molar-refractivity contribution in [1.82, 2.24) is 0 Å². The molecular weight excluding hydrogens is 100 g/mol. The minimum absolute atomic E-state index is 1.17. The van der Waals surface area contributed by atoms with Crippen LogP contribution in [0.15, 0.2) is 12.2 Å². The molecule has 8 heavy (non-hydrogen) atoms. The molecular formula is C6H8N2. The van der Waals surface area contributed by atoms with Gasteiger partial charge in [0.2, 0.25) is 0 Å². The summed E-state index contributed by atoms with van der Waals surface area (Å²) in [5.41, 5.74) is 1.17. The highest BCUT2D eigenvalue weighted by Gasteiger charge is 1.51. The number of hydrogen-bond acceptors (Lipinski definition) is 2. The van der Waals surface area contributed by atoms with Gasteiger partial charge in [-0.05, 0) is 13.8 Å². The molecule has 42 valence electrons. The standard InChI is InChI=1S/C4H8.C2N2/c1-4(2)3;3-1-2-4/h1H2,2-3H3;.